The van der Waals surface area contributed by atoms with E-state index in [0.29, 0.717) is 30.3 Å². The first-order valence-corrected chi connectivity index (χ1v) is 9.68. The first-order chi connectivity index (χ1) is 14.6. The Morgan fingerprint density at radius 3 is 2.53 bits per heavy atom. The molecule has 0 radical (unpaired) electrons. The van der Waals surface area contributed by atoms with Crippen molar-refractivity contribution in [1.29, 1.82) is 0 Å². The second-order valence-electron chi connectivity index (χ2n) is 7.02. The standard InChI is InChI=1S/C22H22FN5O2/c1-15-2-3-16(12-20(15)23)22(29)26-18-6-4-17(5-7-18)25-21-13-19(14-24-27-21)28-8-10-30-11-9-28/h2-7,12-14H,8-11H2,1H3,(H,25,27)(H,26,29). The van der Waals surface area contributed by atoms with E-state index in [-0.39, 0.29) is 11.5 Å². The third-order valence-electron chi connectivity index (χ3n) is 4.87. The van der Waals surface area contributed by atoms with E-state index in [9.17, 15) is 9.18 Å². The number of aryl methyl sites for hydroxylation is 1. The topological polar surface area (TPSA) is 79.4 Å². The second kappa shape index (κ2) is 8.87. The van der Waals surface area contributed by atoms with Gasteiger partial charge in [0.2, 0.25) is 0 Å². The van der Waals surface area contributed by atoms with Gasteiger partial charge < -0.3 is 20.3 Å². The highest BCUT2D eigenvalue weighted by atomic mass is 19.1. The van der Waals surface area contributed by atoms with Crippen molar-refractivity contribution in [3.05, 3.63) is 71.7 Å². The average Bonchev–Trinajstić information content (AvgIpc) is 2.78. The summed E-state index contributed by atoms with van der Waals surface area (Å²) >= 11 is 0. The van der Waals surface area contributed by atoms with E-state index in [2.05, 4.69) is 25.7 Å². The van der Waals surface area contributed by atoms with E-state index < -0.39 is 5.82 Å². The molecule has 0 bridgehead atoms. The molecule has 1 amide bonds. The Kier molecular flexibility index (Phi) is 5.85. The maximum atomic E-state index is 13.7. The fourth-order valence-electron chi connectivity index (χ4n) is 3.13. The van der Waals surface area contributed by atoms with Gasteiger partial charge in [0.25, 0.3) is 5.91 Å². The maximum absolute atomic E-state index is 13.7. The number of rotatable bonds is 5. The number of carbonyl (C=O) groups excluding carboxylic acids is 1. The largest absolute Gasteiger partial charge is 0.378 e. The summed E-state index contributed by atoms with van der Waals surface area (Å²) in [7, 11) is 0. The summed E-state index contributed by atoms with van der Waals surface area (Å²) in [6.07, 6.45) is 1.74. The Morgan fingerprint density at radius 2 is 1.80 bits per heavy atom. The molecule has 0 aliphatic carbocycles. The van der Waals surface area contributed by atoms with Crippen LogP contribution in [0.1, 0.15) is 15.9 Å². The van der Waals surface area contributed by atoms with Crippen molar-refractivity contribution in [2.75, 3.05) is 41.8 Å². The normalized spacial score (nSPS) is 13.7. The van der Waals surface area contributed by atoms with Crippen molar-refractivity contribution in [2.45, 2.75) is 6.92 Å². The summed E-state index contributed by atoms with van der Waals surface area (Å²) in [6.45, 7) is 4.71. The summed E-state index contributed by atoms with van der Waals surface area (Å²) in [5.41, 5.74) is 3.19. The highest BCUT2D eigenvalue weighted by molar-refractivity contribution is 6.04. The van der Waals surface area contributed by atoms with E-state index in [1.807, 2.05) is 18.2 Å². The van der Waals surface area contributed by atoms with Gasteiger partial charge in [0.05, 0.1) is 25.1 Å². The van der Waals surface area contributed by atoms with E-state index in [1.165, 1.54) is 6.07 Å². The van der Waals surface area contributed by atoms with Gasteiger partial charge in [-0.1, -0.05) is 6.07 Å². The van der Waals surface area contributed by atoms with Gasteiger partial charge in [0.1, 0.15) is 5.82 Å². The number of hydrogen-bond donors (Lipinski definition) is 2. The molecule has 1 aromatic heterocycles. The first kappa shape index (κ1) is 19.8. The minimum absolute atomic E-state index is 0.274. The van der Waals surface area contributed by atoms with Crippen LogP contribution in [0, 0.1) is 12.7 Å². The number of ether oxygens (including phenoxy) is 1. The van der Waals surface area contributed by atoms with Crippen molar-refractivity contribution in [2.24, 2.45) is 0 Å². The number of aromatic nitrogens is 2. The van der Waals surface area contributed by atoms with Crippen molar-refractivity contribution < 1.29 is 13.9 Å². The molecule has 1 saturated heterocycles. The lowest BCUT2D eigenvalue weighted by atomic mass is 10.1. The molecule has 7 nitrogen and oxygen atoms in total. The Hall–Kier alpha value is -3.52. The van der Waals surface area contributed by atoms with Gasteiger partial charge in [-0.15, -0.1) is 5.10 Å². The summed E-state index contributed by atoms with van der Waals surface area (Å²) in [5.74, 6) is -0.132. The molecule has 3 aromatic rings. The average molecular weight is 407 g/mol. The van der Waals surface area contributed by atoms with Crippen molar-refractivity contribution in [3.63, 3.8) is 0 Å². The summed E-state index contributed by atoms with van der Waals surface area (Å²) in [4.78, 5) is 14.5. The minimum Gasteiger partial charge on any atom is -0.378 e. The van der Waals surface area contributed by atoms with Gasteiger partial charge >= 0.3 is 0 Å². The van der Waals surface area contributed by atoms with Gasteiger partial charge in [-0.3, -0.25) is 4.79 Å². The van der Waals surface area contributed by atoms with Crippen LogP contribution in [0.15, 0.2) is 54.7 Å². The van der Waals surface area contributed by atoms with Crippen LogP contribution < -0.4 is 15.5 Å². The first-order valence-electron chi connectivity index (χ1n) is 9.68. The Labute approximate surface area is 173 Å². The molecule has 0 saturated carbocycles. The van der Waals surface area contributed by atoms with E-state index >= 15 is 0 Å². The van der Waals surface area contributed by atoms with Crippen LogP contribution in [-0.4, -0.2) is 42.4 Å². The van der Waals surface area contributed by atoms with Gasteiger partial charge in [-0.05, 0) is 48.9 Å². The predicted molar refractivity (Wildman–Crippen MR) is 114 cm³/mol. The van der Waals surface area contributed by atoms with Gasteiger partial charge in [-0.25, -0.2) is 4.39 Å². The van der Waals surface area contributed by atoms with Gasteiger partial charge in [-0.2, -0.15) is 5.10 Å². The Morgan fingerprint density at radius 1 is 1.07 bits per heavy atom. The molecule has 30 heavy (non-hydrogen) atoms. The number of nitrogens with one attached hydrogen (secondary N) is 2. The van der Waals surface area contributed by atoms with Crippen LogP contribution in [0.25, 0.3) is 0 Å². The molecule has 2 aromatic carbocycles. The number of morpholine rings is 1. The zero-order chi connectivity index (χ0) is 20.9. The third kappa shape index (κ3) is 4.72. The molecule has 8 heteroatoms. The van der Waals surface area contributed by atoms with Crippen LogP contribution in [0.3, 0.4) is 0 Å². The second-order valence-corrected chi connectivity index (χ2v) is 7.02. The zero-order valence-electron chi connectivity index (χ0n) is 16.6. The zero-order valence-corrected chi connectivity index (χ0v) is 16.6. The fourth-order valence-corrected chi connectivity index (χ4v) is 3.13. The van der Waals surface area contributed by atoms with Crippen LogP contribution in [0.2, 0.25) is 0 Å². The van der Waals surface area contributed by atoms with E-state index in [1.54, 1.807) is 37.4 Å². The molecule has 4 rings (SSSR count). The molecular weight excluding hydrogens is 385 g/mol. The maximum Gasteiger partial charge on any atom is 0.255 e. The number of benzene rings is 2. The number of amides is 1. The number of hydrogen-bond acceptors (Lipinski definition) is 6. The minimum atomic E-state index is -0.400. The summed E-state index contributed by atoms with van der Waals surface area (Å²) in [6, 6.07) is 13.6. The highest BCUT2D eigenvalue weighted by Gasteiger charge is 2.13. The number of halogens is 1. The molecule has 0 atom stereocenters. The molecule has 1 aliphatic rings. The number of anilines is 4. The number of nitrogens with zero attached hydrogens (tertiary/aromatic N) is 3. The Bertz CT molecular complexity index is 1040. The van der Waals surface area contributed by atoms with Crippen molar-refractivity contribution >= 4 is 28.8 Å². The lowest BCUT2D eigenvalue weighted by molar-refractivity contribution is 0.102. The molecule has 1 fully saturated rings. The van der Waals surface area contributed by atoms with Crippen molar-refractivity contribution in [1.82, 2.24) is 10.2 Å². The van der Waals surface area contributed by atoms with Crippen LogP contribution in [0.5, 0.6) is 0 Å². The number of carbonyl (C=O) groups is 1. The van der Waals surface area contributed by atoms with Crippen LogP contribution >= 0.6 is 0 Å². The molecule has 154 valence electrons. The van der Waals surface area contributed by atoms with Gasteiger partial charge in [0.15, 0.2) is 5.82 Å². The summed E-state index contributed by atoms with van der Waals surface area (Å²) in [5, 5.41) is 14.2. The van der Waals surface area contributed by atoms with Gasteiger partial charge in [0, 0.05) is 36.1 Å². The molecular formula is C22H22FN5O2. The fraction of sp³-hybridized carbons (Fsp3) is 0.227. The molecule has 0 spiro atoms. The highest BCUT2D eigenvalue weighted by Crippen LogP contribution is 2.22. The molecule has 1 aliphatic heterocycles. The van der Waals surface area contributed by atoms with Crippen LogP contribution in [0.4, 0.5) is 27.3 Å². The SMILES string of the molecule is Cc1ccc(C(=O)Nc2ccc(Nc3cc(N4CCOCC4)cnn3)cc2)cc1F. The Balaban J connectivity index is 1.40. The van der Waals surface area contributed by atoms with E-state index in [4.69, 9.17) is 4.74 Å². The lowest BCUT2D eigenvalue weighted by Crippen LogP contribution is -2.36. The van der Waals surface area contributed by atoms with Crippen LogP contribution in [-0.2, 0) is 4.74 Å². The lowest BCUT2D eigenvalue weighted by Gasteiger charge is -2.28. The molecule has 0 unspecified atom stereocenters. The predicted octanol–water partition coefficient (Wildman–Crippen LogP) is 3.76. The summed E-state index contributed by atoms with van der Waals surface area (Å²) < 4.78 is 19.1. The van der Waals surface area contributed by atoms with Crippen molar-refractivity contribution in [3.8, 4) is 0 Å². The monoisotopic (exact) mass is 407 g/mol. The van der Waals surface area contributed by atoms with E-state index in [0.717, 1.165) is 24.5 Å². The molecule has 2 N–H and O–H groups in total. The third-order valence-corrected chi connectivity index (χ3v) is 4.87. The quantitative estimate of drug-likeness (QED) is 0.671. The molecule has 2 heterocycles. The smallest absolute Gasteiger partial charge is 0.255 e.